The van der Waals surface area contributed by atoms with Gasteiger partial charge in [0.1, 0.15) is 11.6 Å². The minimum Gasteiger partial charge on any atom is -0.441 e. The highest BCUT2D eigenvalue weighted by molar-refractivity contribution is 7.90. The number of aryl methyl sites for hydroxylation is 3. The van der Waals surface area contributed by atoms with Gasteiger partial charge >= 0.3 is 6.03 Å². The molecule has 1 heterocycles. The molecule has 192 valence electrons. The molecule has 0 saturated heterocycles. The van der Waals surface area contributed by atoms with E-state index in [9.17, 15) is 18.0 Å². The monoisotopic (exact) mass is 520 g/mol. The van der Waals surface area contributed by atoms with Gasteiger partial charge in [0.2, 0.25) is 5.91 Å². The van der Waals surface area contributed by atoms with Crippen LogP contribution in [0.15, 0.2) is 82.1 Å². The Morgan fingerprint density at radius 3 is 2.43 bits per heavy atom. The maximum Gasteiger partial charge on any atom is 0.329 e. The first-order valence-electron chi connectivity index (χ1n) is 11.7. The number of urea groups is 1. The fourth-order valence-electron chi connectivity index (χ4n) is 4.03. The van der Waals surface area contributed by atoms with Crippen LogP contribution < -0.4 is 14.9 Å². The molecule has 0 unspecified atom stereocenters. The topological polar surface area (TPSA) is 122 Å². The number of hydrogen-bond donors (Lipinski definition) is 2. The Kier molecular flexibility index (Phi) is 7.58. The summed E-state index contributed by atoms with van der Waals surface area (Å²) in [5, 5.41) is 2.57. The zero-order valence-electron chi connectivity index (χ0n) is 20.8. The van der Waals surface area contributed by atoms with Gasteiger partial charge in [-0.2, -0.15) is 0 Å². The molecule has 4 aromatic rings. The van der Waals surface area contributed by atoms with Crippen LogP contribution in [-0.2, 0) is 21.2 Å². The molecular weight excluding hydrogens is 492 g/mol. The second kappa shape index (κ2) is 10.8. The van der Waals surface area contributed by atoms with Crippen molar-refractivity contribution in [1.29, 1.82) is 0 Å². The van der Waals surface area contributed by atoms with E-state index in [1.54, 1.807) is 57.3 Å². The highest BCUT2D eigenvalue weighted by Gasteiger charge is 2.27. The van der Waals surface area contributed by atoms with Crippen molar-refractivity contribution in [2.24, 2.45) is 0 Å². The van der Waals surface area contributed by atoms with Gasteiger partial charge in [0.25, 0.3) is 10.0 Å². The molecule has 0 radical (unpaired) electrons. The summed E-state index contributed by atoms with van der Waals surface area (Å²) >= 11 is 0. The Balaban J connectivity index is 1.54. The molecule has 0 aliphatic rings. The fourth-order valence-corrected chi connectivity index (χ4v) is 5.20. The quantitative estimate of drug-likeness (QED) is 0.361. The van der Waals surface area contributed by atoms with E-state index in [2.05, 4.69) is 10.3 Å². The maximum absolute atomic E-state index is 13.5. The number of fused-ring (bicyclic) bond motifs is 1. The summed E-state index contributed by atoms with van der Waals surface area (Å²) in [7, 11) is -2.54. The number of hydrogen-bond acceptors (Lipinski definition) is 6. The van der Waals surface area contributed by atoms with E-state index < -0.39 is 28.0 Å². The number of anilines is 1. The van der Waals surface area contributed by atoms with E-state index in [0.29, 0.717) is 34.7 Å². The first-order chi connectivity index (χ1) is 17.6. The Labute approximate surface area is 215 Å². The number of carbonyl (C=O) groups excluding carboxylic acids is 2. The predicted octanol–water partition coefficient (Wildman–Crippen LogP) is 4.10. The van der Waals surface area contributed by atoms with Crippen LogP contribution in [0, 0.1) is 13.8 Å². The van der Waals surface area contributed by atoms with Crippen LogP contribution in [0.1, 0.15) is 23.4 Å². The Morgan fingerprint density at radius 2 is 1.70 bits per heavy atom. The van der Waals surface area contributed by atoms with Gasteiger partial charge in [-0.25, -0.2) is 22.9 Å². The number of benzene rings is 3. The van der Waals surface area contributed by atoms with Crippen LogP contribution in [0.3, 0.4) is 0 Å². The van der Waals surface area contributed by atoms with Crippen LogP contribution in [0.2, 0.25) is 0 Å². The molecule has 0 spiro atoms. The van der Waals surface area contributed by atoms with E-state index in [1.165, 1.54) is 11.0 Å². The summed E-state index contributed by atoms with van der Waals surface area (Å²) in [4.78, 5) is 32.0. The summed E-state index contributed by atoms with van der Waals surface area (Å²) in [6.45, 7) is 3.38. The Bertz CT molecular complexity index is 1530. The predicted molar refractivity (Wildman–Crippen MR) is 141 cm³/mol. The number of amides is 3. The molecule has 9 nitrogen and oxygen atoms in total. The first-order valence-corrected chi connectivity index (χ1v) is 13.2. The maximum atomic E-state index is 13.5. The Morgan fingerprint density at radius 1 is 1.00 bits per heavy atom. The van der Waals surface area contributed by atoms with E-state index in [0.717, 1.165) is 5.56 Å². The van der Waals surface area contributed by atoms with Gasteiger partial charge in [-0.1, -0.05) is 48.5 Å². The summed E-state index contributed by atoms with van der Waals surface area (Å²) < 4.78 is 33.2. The van der Waals surface area contributed by atoms with Gasteiger partial charge in [0, 0.05) is 25.7 Å². The molecule has 0 saturated carbocycles. The van der Waals surface area contributed by atoms with Crippen molar-refractivity contribution in [3.63, 3.8) is 0 Å². The minimum atomic E-state index is -4.13. The van der Waals surface area contributed by atoms with Crippen LogP contribution in [0.4, 0.5) is 10.5 Å². The van der Waals surface area contributed by atoms with E-state index in [4.69, 9.17) is 4.42 Å². The highest BCUT2D eigenvalue weighted by Crippen LogP contribution is 2.23. The third kappa shape index (κ3) is 6.15. The lowest BCUT2D eigenvalue weighted by atomic mass is 10.0. The van der Waals surface area contributed by atoms with Gasteiger partial charge < -0.3 is 14.6 Å². The van der Waals surface area contributed by atoms with E-state index >= 15 is 0 Å². The standard InChI is InChI=1S/C27H28N4O5S/c1-18-9-7-8-12-25(18)37(34,35)30-27(33)29-23(15-13-20-10-5-4-6-11-20)26(32)31(3)21-14-16-22-24(17-21)36-19(2)28-22/h4-12,14,16-17,23H,13,15H2,1-3H3,(H2,29,30,33)/t23-/m0/s1. The summed E-state index contributed by atoms with van der Waals surface area (Å²) in [5.41, 5.74) is 3.23. The van der Waals surface area contributed by atoms with Crippen molar-refractivity contribution in [2.45, 2.75) is 37.6 Å². The summed E-state index contributed by atoms with van der Waals surface area (Å²) in [6.07, 6.45) is 0.755. The third-order valence-corrected chi connectivity index (χ3v) is 7.47. The van der Waals surface area contributed by atoms with E-state index in [1.807, 2.05) is 35.1 Å². The van der Waals surface area contributed by atoms with Crippen molar-refractivity contribution in [3.8, 4) is 0 Å². The van der Waals surface area contributed by atoms with Crippen LogP contribution >= 0.6 is 0 Å². The van der Waals surface area contributed by atoms with Crippen molar-refractivity contribution in [1.82, 2.24) is 15.0 Å². The zero-order chi connectivity index (χ0) is 26.6. The van der Waals surface area contributed by atoms with Crippen LogP contribution in [0.25, 0.3) is 11.1 Å². The third-order valence-electron chi connectivity index (χ3n) is 5.97. The molecule has 37 heavy (non-hydrogen) atoms. The lowest BCUT2D eigenvalue weighted by Gasteiger charge is -2.25. The second-order valence-corrected chi connectivity index (χ2v) is 10.4. The van der Waals surface area contributed by atoms with Crippen molar-refractivity contribution in [2.75, 3.05) is 11.9 Å². The minimum absolute atomic E-state index is 0.00918. The molecular formula is C27H28N4O5S. The number of rotatable bonds is 8. The fraction of sp³-hybridized carbons (Fsp3) is 0.222. The van der Waals surface area contributed by atoms with Crippen molar-refractivity contribution in [3.05, 3.63) is 89.8 Å². The molecule has 10 heteroatoms. The van der Waals surface area contributed by atoms with Gasteiger partial charge in [-0.3, -0.25) is 4.79 Å². The number of likely N-dealkylation sites (N-methyl/N-ethyl adjacent to an activating group) is 1. The number of nitrogens with one attached hydrogen (secondary N) is 2. The van der Waals surface area contributed by atoms with Gasteiger partial charge in [-0.15, -0.1) is 0 Å². The highest BCUT2D eigenvalue weighted by atomic mass is 32.2. The normalized spacial score (nSPS) is 12.2. The average molecular weight is 521 g/mol. The molecule has 0 fully saturated rings. The molecule has 4 rings (SSSR count). The van der Waals surface area contributed by atoms with Gasteiger partial charge in [0.05, 0.1) is 4.90 Å². The largest absolute Gasteiger partial charge is 0.441 e. The van der Waals surface area contributed by atoms with E-state index in [-0.39, 0.29) is 11.3 Å². The number of carbonyl (C=O) groups is 2. The summed E-state index contributed by atoms with van der Waals surface area (Å²) in [6, 6.07) is 19.1. The lowest BCUT2D eigenvalue weighted by molar-refractivity contribution is -0.120. The molecule has 3 aromatic carbocycles. The number of sulfonamides is 1. The van der Waals surface area contributed by atoms with Crippen molar-refractivity contribution < 1.29 is 22.4 Å². The second-order valence-electron chi connectivity index (χ2n) is 8.70. The molecule has 0 aliphatic carbocycles. The molecule has 2 N–H and O–H groups in total. The number of oxazole rings is 1. The number of nitrogens with zero attached hydrogens (tertiary/aromatic N) is 2. The molecule has 3 amide bonds. The average Bonchev–Trinajstić information content (AvgIpc) is 3.25. The molecule has 0 bridgehead atoms. The summed E-state index contributed by atoms with van der Waals surface area (Å²) in [5.74, 6) is 0.102. The van der Waals surface area contributed by atoms with Crippen LogP contribution in [-0.4, -0.2) is 38.4 Å². The number of aromatic nitrogens is 1. The zero-order valence-corrected chi connectivity index (χ0v) is 21.6. The molecule has 1 aromatic heterocycles. The lowest BCUT2D eigenvalue weighted by Crippen LogP contribution is -2.51. The smallest absolute Gasteiger partial charge is 0.329 e. The SMILES string of the molecule is Cc1nc2ccc(N(C)C(=O)[C@H](CCc3ccccc3)NC(=O)NS(=O)(=O)c3ccccc3C)cc2o1. The van der Waals surface area contributed by atoms with Gasteiger partial charge in [-0.05, 0) is 49.1 Å². The first kappa shape index (κ1) is 25.9. The Hall–Kier alpha value is -4.18. The molecule has 0 aliphatic heterocycles. The van der Waals surface area contributed by atoms with Crippen LogP contribution in [0.5, 0.6) is 0 Å². The van der Waals surface area contributed by atoms with Crippen molar-refractivity contribution >= 4 is 38.7 Å². The van der Waals surface area contributed by atoms with Gasteiger partial charge in [0.15, 0.2) is 11.5 Å². The molecule has 1 atom stereocenters.